The fourth-order valence-electron chi connectivity index (χ4n) is 0. The zero-order valence-corrected chi connectivity index (χ0v) is 9.86. The summed E-state index contributed by atoms with van der Waals surface area (Å²) in [6.45, 7) is 0. The van der Waals surface area contributed by atoms with Gasteiger partial charge in [-0.05, 0) is 0 Å². The van der Waals surface area contributed by atoms with Crippen LogP contribution in [0.3, 0.4) is 0 Å². The summed E-state index contributed by atoms with van der Waals surface area (Å²) in [4.78, 5) is 0. The van der Waals surface area contributed by atoms with Gasteiger partial charge in [0.2, 0.25) is 0 Å². The van der Waals surface area contributed by atoms with E-state index in [0.29, 0.717) is 0 Å². The van der Waals surface area contributed by atoms with Crippen LogP contribution in [0.5, 0.6) is 0 Å². The van der Waals surface area contributed by atoms with Gasteiger partial charge in [-0.1, -0.05) is 0 Å². The minimum absolute atomic E-state index is 0. The van der Waals surface area contributed by atoms with Crippen LogP contribution in [0.15, 0.2) is 0 Å². The average molecular weight is 599 g/mol. The molecule has 0 unspecified atom stereocenters. The predicted molar refractivity (Wildman–Crippen MR) is 22.8 cm³/mol. The molecule has 0 aliphatic heterocycles. The van der Waals surface area contributed by atoms with Crippen molar-refractivity contribution >= 4 is 66.2 Å². The Bertz CT molecular complexity index is 8.00. The zero-order valence-electron chi connectivity index (χ0n) is 1.33. The minimum atomic E-state index is 0. The van der Waals surface area contributed by atoms with Crippen LogP contribution in [0.25, 0.3) is 0 Å². The molecule has 0 N–H and O–H groups in total. The first-order valence-corrected chi connectivity index (χ1v) is 5.74. The van der Waals surface area contributed by atoms with E-state index in [1.54, 1.807) is 0 Å². The quantitative estimate of drug-likeness (QED) is 0.278. The molecular formula is H4AuInSeTl. The normalized spacial score (nSPS) is 1.75. The van der Waals surface area contributed by atoms with Gasteiger partial charge in [-0.2, -0.15) is 0 Å². The molecule has 0 aromatic heterocycles. The fourth-order valence-corrected chi connectivity index (χ4v) is 0. The molecule has 0 aliphatic carbocycles. The van der Waals surface area contributed by atoms with Crippen molar-refractivity contribution in [2.45, 2.75) is 0 Å². The van der Waals surface area contributed by atoms with Crippen molar-refractivity contribution in [2.75, 3.05) is 0 Å². The van der Waals surface area contributed by atoms with E-state index in [1.165, 1.54) is 0 Å². The fraction of sp³-hybridized carbons (Fsp3) is 0. The Morgan fingerprint density at radius 2 is 1.25 bits per heavy atom. The topological polar surface area (TPSA) is 0 Å². The second-order valence-electron chi connectivity index (χ2n) is 0. The van der Waals surface area contributed by atoms with Crippen LogP contribution in [0.4, 0.5) is 0 Å². The van der Waals surface area contributed by atoms with E-state index in [0.717, 1.165) is 0 Å². The summed E-state index contributed by atoms with van der Waals surface area (Å²) >= 11 is 4.47. The summed E-state index contributed by atoms with van der Waals surface area (Å²) in [5.74, 6) is 0. The standard InChI is InChI=1S/Au.In.H2Se.Tl.3H/h;;1H2;;;;/q+1;;;;;;/p-1. The predicted octanol–water partition coefficient (Wildman–Crippen LogP) is -2.22. The van der Waals surface area contributed by atoms with E-state index in [-0.39, 0.29) is 53.1 Å². The Kier molecular flexibility index (Phi) is 65.2. The molecule has 0 aromatic rings. The van der Waals surface area contributed by atoms with Crippen LogP contribution in [0, 0.1) is 0 Å². The molecule has 4 heavy (non-hydrogen) atoms. The van der Waals surface area contributed by atoms with Crippen LogP contribution < -0.4 is 0 Å². The van der Waals surface area contributed by atoms with E-state index in [2.05, 4.69) is 32.0 Å². The van der Waals surface area contributed by atoms with Crippen molar-refractivity contribution in [3.63, 3.8) is 0 Å². The smallest absolute Gasteiger partial charge is 0 e. The average Bonchev–Trinajstić information content (AvgIpc) is 1.00. The van der Waals surface area contributed by atoms with Gasteiger partial charge in [0.05, 0.1) is 0 Å². The molecule has 0 spiro atoms. The second-order valence-corrected chi connectivity index (χ2v) is 0. The molecule has 0 fully saturated rings. The van der Waals surface area contributed by atoms with Gasteiger partial charge < -0.3 is 0 Å². The minimum Gasteiger partial charge on any atom is 0 e. The third-order valence-electron chi connectivity index (χ3n) is 0. The van der Waals surface area contributed by atoms with E-state index in [4.69, 9.17) is 0 Å². The van der Waals surface area contributed by atoms with Crippen LogP contribution >= 0.6 is 0 Å². The Balaban J connectivity index is -0.00000000500. The number of hydrogen-bond acceptors (Lipinski definition) is 0. The number of hydrogen-bond donors (Lipinski definition) is 0. The maximum absolute atomic E-state index is 2.26. The third kappa shape index (κ3) is 8.90. The summed E-state index contributed by atoms with van der Waals surface area (Å²) in [7, 11) is 0. The van der Waals surface area contributed by atoms with E-state index < -0.39 is 0 Å². The summed E-state index contributed by atoms with van der Waals surface area (Å²) in [5, 5.41) is 0. The molecule has 0 heterocycles. The first kappa shape index (κ1) is 15.7. The van der Waals surface area contributed by atoms with Crippen molar-refractivity contribution in [1.82, 2.24) is 0 Å². The maximum Gasteiger partial charge on any atom is 0 e. The van der Waals surface area contributed by atoms with Gasteiger partial charge in [0.15, 0.2) is 0 Å². The second kappa shape index (κ2) is 16.6. The maximum atomic E-state index is 2.26. The first-order valence-electron chi connectivity index (χ1n) is 0.135. The zero-order chi connectivity index (χ0) is 2.00. The molecule has 4 heteroatoms. The van der Waals surface area contributed by atoms with Gasteiger partial charge in [-0.15, -0.1) is 0 Å². The Hall–Kier alpha value is 3.05. The molecule has 0 saturated carbocycles. The van der Waals surface area contributed by atoms with Crippen molar-refractivity contribution in [1.29, 1.82) is 0 Å². The number of rotatable bonds is 0. The monoisotopic (exact) mass is 601 g/mol. The van der Waals surface area contributed by atoms with E-state index >= 15 is 0 Å². The van der Waals surface area contributed by atoms with Crippen molar-refractivity contribution in [3.05, 3.63) is 0 Å². The Morgan fingerprint density at radius 3 is 1.25 bits per heavy atom. The molecule has 0 bridgehead atoms. The molecule has 0 amide bonds. The van der Waals surface area contributed by atoms with Gasteiger partial charge in [0, 0.05) is 27.3 Å². The van der Waals surface area contributed by atoms with Crippen LogP contribution in [0.1, 0.15) is 0 Å². The van der Waals surface area contributed by atoms with E-state index in [9.17, 15) is 0 Å². The van der Waals surface area contributed by atoms with Crippen molar-refractivity contribution in [2.24, 2.45) is 0 Å². The van der Waals surface area contributed by atoms with Crippen molar-refractivity contribution in [3.8, 4) is 0 Å². The molecule has 0 aliphatic rings. The molecule has 27 valence electrons. The van der Waals surface area contributed by atoms with Gasteiger partial charge in [-0.3, -0.25) is 0 Å². The van der Waals surface area contributed by atoms with Gasteiger partial charge in [0.1, 0.15) is 0 Å². The van der Waals surface area contributed by atoms with Gasteiger partial charge in [-0.25, -0.2) is 0 Å². The third-order valence-corrected chi connectivity index (χ3v) is 0. The molecular weight excluding hydrogens is 595 g/mol. The van der Waals surface area contributed by atoms with Crippen molar-refractivity contribution < 1.29 is 18.9 Å². The Labute approximate surface area is 83.4 Å². The van der Waals surface area contributed by atoms with Crippen LogP contribution in [0.2, 0.25) is 0 Å². The molecule has 0 nitrogen and oxygen atoms in total. The summed E-state index contributed by atoms with van der Waals surface area (Å²) in [6, 6.07) is 0. The SMILES string of the molecule is [InH3].[SeH][Au].[Tl]. The molecule has 0 rings (SSSR count). The summed E-state index contributed by atoms with van der Waals surface area (Å²) in [6.07, 6.45) is 0. The van der Waals surface area contributed by atoms with E-state index in [1.807, 2.05) is 0 Å². The molecule has 0 saturated heterocycles. The molecule has 0 atom stereocenters. The Morgan fingerprint density at radius 1 is 1.25 bits per heavy atom. The summed E-state index contributed by atoms with van der Waals surface area (Å²) in [5.41, 5.74) is 0. The first-order chi connectivity index (χ1) is 1.00. The molecule has 1 radical (unpaired) electrons. The van der Waals surface area contributed by atoms with Gasteiger partial charge in [0.25, 0.3) is 0 Å². The summed E-state index contributed by atoms with van der Waals surface area (Å²) < 4.78 is 0. The van der Waals surface area contributed by atoms with Gasteiger partial charge >= 0.3 is 57.9 Å². The van der Waals surface area contributed by atoms with Crippen LogP contribution in [-0.4, -0.2) is 66.2 Å². The largest absolute Gasteiger partial charge is 0 e. The van der Waals surface area contributed by atoms with Crippen LogP contribution in [-0.2, 0) is 18.9 Å². The molecule has 0 aromatic carbocycles.